The summed E-state index contributed by atoms with van der Waals surface area (Å²) in [5, 5.41) is 2.75. The van der Waals surface area contributed by atoms with Gasteiger partial charge in [0.15, 0.2) is 0 Å². The molecule has 1 fully saturated rings. The summed E-state index contributed by atoms with van der Waals surface area (Å²) in [5.74, 6) is -1.10. The van der Waals surface area contributed by atoms with E-state index in [1.54, 1.807) is 0 Å². The highest BCUT2D eigenvalue weighted by molar-refractivity contribution is 5.73. The van der Waals surface area contributed by atoms with E-state index < -0.39 is 30.4 Å². The first kappa shape index (κ1) is 17.4. The van der Waals surface area contributed by atoms with E-state index in [1.165, 1.54) is 20.8 Å². The quantitative estimate of drug-likeness (QED) is 0.765. The van der Waals surface area contributed by atoms with Gasteiger partial charge in [0, 0.05) is 20.8 Å². The number of amides is 1. The lowest BCUT2D eigenvalue weighted by molar-refractivity contribution is -0.238. The SMILES string of the molecule is CC(=O)NC1C(OC(C)=O)OC(COC(C)=O)C(C)C1C. The molecular formula is C14H23NO6. The topological polar surface area (TPSA) is 90.9 Å². The molecule has 0 spiro atoms. The lowest BCUT2D eigenvalue weighted by atomic mass is 9.82. The second-order valence-corrected chi connectivity index (χ2v) is 5.40. The summed E-state index contributed by atoms with van der Waals surface area (Å²) in [6.45, 7) is 7.96. The summed E-state index contributed by atoms with van der Waals surface area (Å²) in [6, 6.07) is -0.435. The van der Waals surface area contributed by atoms with Crippen molar-refractivity contribution in [3.8, 4) is 0 Å². The van der Waals surface area contributed by atoms with Crippen molar-refractivity contribution in [2.75, 3.05) is 6.61 Å². The molecule has 1 N–H and O–H groups in total. The van der Waals surface area contributed by atoms with Gasteiger partial charge in [0.1, 0.15) is 6.61 Å². The fourth-order valence-electron chi connectivity index (χ4n) is 2.38. The van der Waals surface area contributed by atoms with Gasteiger partial charge < -0.3 is 19.5 Å². The zero-order valence-electron chi connectivity index (χ0n) is 13.0. The van der Waals surface area contributed by atoms with Gasteiger partial charge in [-0.05, 0) is 11.8 Å². The minimum atomic E-state index is -0.891. The van der Waals surface area contributed by atoms with E-state index in [9.17, 15) is 14.4 Å². The van der Waals surface area contributed by atoms with Crippen LogP contribution >= 0.6 is 0 Å². The average molecular weight is 301 g/mol. The number of hydrogen-bond donors (Lipinski definition) is 1. The molecule has 7 heteroatoms. The van der Waals surface area contributed by atoms with Crippen molar-refractivity contribution < 1.29 is 28.6 Å². The Morgan fingerprint density at radius 3 is 2.14 bits per heavy atom. The molecule has 5 unspecified atom stereocenters. The predicted octanol–water partition coefficient (Wildman–Crippen LogP) is 0.614. The van der Waals surface area contributed by atoms with Crippen LogP contribution in [0.1, 0.15) is 34.6 Å². The van der Waals surface area contributed by atoms with Crippen LogP contribution in [0, 0.1) is 11.8 Å². The van der Waals surface area contributed by atoms with E-state index in [-0.39, 0.29) is 24.3 Å². The zero-order chi connectivity index (χ0) is 16.2. The zero-order valence-corrected chi connectivity index (χ0v) is 13.0. The Hall–Kier alpha value is -1.63. The normalized spacial score (nSPS) is 32.1. The number of rotatable bonds is 4. The van der Waals surface area contributed by atoms with Gasteiger partial charge >= 0.3 is 11.9 Å². The third kappa shape index (κ3) is 5.00. The lowest BCUT2D eigenvalue weighted by Gasteiger charge is -2.43. The van der Waals surface area contributed by atoms with Crippen molar-refractivity contribution in [2.45, 2.75) is 53.1 Å². The first-order valence-electron chi connectivity index (χ1n) is 6.95. The van der Waals surface area contributed by atoms with Gasteiger partial charge in [-0.1, -0.05) is 13.8 Å². The Morgan fingerprint density at radius 1 is 1.05 bits per heavy atom. The van der Waals surface area contributed by atoms with Crippen LogP contribution in [-0.2, 0) is 28.6 Å². The highest BCUT2D eigenvalue weighted by Gasteiger charge is 2.43. The Balaban J connectivity index is 2.84. The van der Waals surface area contributed by atoms with E-state index in [4.69, 9.17) is 14.2 Å². The van der Waals surface area contributed by atoms with Crippen molar-refractivity contribution >= 4 is 17.8 Å². The highest BCUT2D eigenvalue weighted by atomic mass is 16.7. The van der Waals surface area contributed by atoms with Gasteiger partial charge in [-0.3, -0.25) is 14.4 Å². The maximum Gasteiger partial charge on any atom is 0.305 e. The maximum atomic E-state index is 11.3. The second kappa shape index (κ2) is 7.40. The molecule has 0 aliphatic carbocycles. The number of esters is 2. The second-order valence-electron chi connectivity index (χ2n) is 5.40. The Labute approximate surface area is 124 Å². The van der Waals surface area contributed by atoms with Gasteiger partial charge in [0.2, 0.25) is 12.2 Å². The van der Waals surface area contributed by atoms with E-state index in [0.717, 1.165) is 0 Å². The van der Waals surface area contributed by atoms with Crippen molar-refractivity contribution in [3.05, 3.63) is 0 Å². The van der Waals surface area contributed by atoms with Gasteiger partial charge in [0.05, 0.1) is 12.1 Å². The lowest BCUT2D eigenvalue weighted by Crippen LogP contribution is -2.58. The third-order valence-corrected chi connectivity index (χ3v) is 3.69. The summed E-state index contributed by atoms with van der Waals surface area (Å²) in [7, 11) is 0. The molecule has 1 rings (SSSR count). The fourth-order valence-corrected chi connectivity index (χ4v) is 2.38. The molecule has 1 aliphatic rings. The highest BCUT2D eigenvalue weighted by Crippen LogP contribution is 2.31. The van der Waals surface area contributed by atoms with E-state index in [1.807, 2.05) is 13.8 Å². The van der Waals surface area contributed by atoms with Crippen molar-refractivity contribution in [3.63, 3.8) is 0 Å². The molecule has 0 saturated carbocycles. The molecule has 1 amide bonds. The van der Waals surface area contributed by atoms with Crippen LogP contribution in [-0.4, -0.2) is 42.9 Å². The number of nitrogens with one attached hydrogen (secondary N) is 1. The average Bonchev–Trinajstić information content (AvgIpc) is 2.35. The minimum Gasteiger partial charge on any atom is -0.463 e. The molecule has 1 saturated heterocycles. The van der Waals surface area contributed by atoms with Crippen LogP contribution in [0.2, 0.25) is 0 Å². The first-order valence-corrected chi connectivity index (χ1v) is 6.95. The molecular weight excluding hydrogens is 278 g/mol. The van der Waals surface area contributed by atoms with Crippen molar-refractivity contribution in [1.29, 1.82) is 0 Å². The Kier molecular flexibility index (Phi) is 6.14. The molecule has 0 aromatic heterocycles. The van der Waals surface area contributed by atoms with Crippen LogP contribution in [0.25, 0.3) is 0 Å². The summed E-state index contributed by atoms with van der Waals surface area (Å²) < 4.78 is 15.8. The summed E-state index contributed by atoms with van der Waals surface area (Å²) in [5.41, 5.74) is 0. The van der Waals surface area contributed by atoms with Gasteiger partial charge in [-0.25, -0.2) is 0 Å². The Bertz CT molecular complexity index is 408. The molecule has 1 heterocycles. The van der Waals surface area contributed by atoms with Crippen LogP contribution in [0.3, 0.4) is 0 Å². The summed E-state index contributed by atoms with van der Waals surface area (Å²) in [4.78, 5) is 33.4. The van der Waals surface area contributed by atoms with Crippen LogP contribution in [0.15, 0.2) is 0 Å². The first-order chi connectivity index (χ1) is 9.72. The molecule has 0 bridgehead atoms. The molecule has 1 aliphatic heterocycles. The molecule has 0 radical (unpaired) electrons. The number of carbonyl (C=O) groups excluding carboxylic acids is 3. The predicted molar refractivity (Wildman–Crippen MR) is 73.0 cm³/mol. The van der Waals surface area contributed by atoms with Crippen LogP contribution < -0.4 is 5.32 Å². The summed E-state index contributed by atoms with van der Waals surface area (Å²) >= 11 is 0. The molecule has 0 aromatic rings. The number of carbonyl (C=O) groups is 3. The molecule has 21 heavy (non-hydrogen) atoms. The number of hydrogen-bond acceptors (Lipinski definition) is 6. The molecule has 5 atom stereocenters. The van der Waals surface area contributed by atoms with Gasteiger partial charge in [-0.15, -0.1) is 0 Å². The smallest absolute Gasteiger partial charge is 0.305 e. The summed E-state index contributed by atoms with van der Waals surface area (Å²) in [6.07, 6.45) is -1.28. The van der Waals surface area contributed by atoms with Gasteiger partial charge in [0.25, 0.3) is 0 Å². The Morgan fingerprint density at radius 2 is 1.67 bits per heavy atom. The van der Waals surface area contributed by atoms with Gasteiger partial charge in [-0.2, -0.15) is 0 Å². The van der Waals surface area contributed by atoms with Crippen LogP contribution in [0.5, 0.6) is 0 Å². The molecule has 7 nitrogen and oxygen atoms in total. The maximum absolute atomic E-state index is 11.3. The minimum absolute atomic E-state index is 0.00689. The molecule has 120 valence electrons. The van der Waals surface area contributed by atoms with E-state index in [0.29, 0.717) is 0 Å². The third-order valence-electron chi connectivity index (χ3n) is 3.69. The fraction of sp³-hybridized carbons (Fsp3) is 0.786. The monoisotopic (exact) mass is 301 g/mol. The van der Waals surface area contributed by atoms with Crippen molar-refractivity contribution in [1.82, 2.24) is 5.32 Å². The largest absolute Gasteiger partial charge is 0.463 e. The van der Waals surface area contributed by atoms with Crippen LogP contribution in [0.4, 0.5) is 0 Å². The van der Waals surface area contributed by atoms with Crippen molar-refractivity contribution in [2.24, 2.45) is 11.8 Å². The van der Waals surface area contributed by atoms with E-state index >= 15 is 0 Å². The standard InChI is InChI=1S/C14H23NO6/c1-7-8(2)13(15-9(3)16)14(20-11(5)18)21-12(7)6-19-10(4)17/h7-8,12-14H,6H2,1-5H3,(H,15,16). The molecule has 0 aromatic carbocycles. The van der Waals surface area contributed by atoms with E-state index in [2.05, 4.69) is 5.32 Å². The number of ether oxygens (including phenoxy) is 3.